The van der Waals surface area contributed by atoms with E-state index in [1.165, 1.54) is 0 Å². The van der Waals surface area contributed by atoms with Crippen LogP contribution in [0.2, 0.25) is 0 Å². The first-order valence-electron chi connectivity index (χ1n) is 8.50. The minimum Gasteiger partial charge on any atom is -0.486 e. The van der Waals surface area contributed by atoms with Crippen LogP contribution in [0, 0.1) is 0 Å². The van der Waals surface area contributed by atoms with Crippen molar-refractivity contribution in [2.75, 3.05) is 6.54 Å². The van der Waals surface area contributed by atoms with Gasteiger partial charge in [0.15, 0.2) is 5.82 Å². The van der Waals surface area contributed by atoms with Gasteiger partial charge in [-0.1, -0.05) is 6.07 Å². The number of tetrazole rings is 1. The molecule has 136 valence electrons. The zero-order valence-corrected chi connectivity index (χ0v) is 14.6. The summed E-state index contributed by atoms with van der Waals surface area (Å²) >= 11 is 0. The number of rotatable bonds is 9. The standard InChI is InChI=1S/C17H21N7O2/c1-2-24-16(20-21-22-24)13-26-15-7-3-6-14(12-15)17(25)18-8-4-10-23-11-5-9-19-23/h3,5-7,9,11-12H,2,4,8,10,13H2,1H3,(H,18,25). The van der Waals surface area contributed by atoms with Crippen molar-refractivity contribution in [1.29, 1.82) is 0 Å². The van der Waals surface area contributed by atoms with E-state index in [1.54, 1.807) is 35.1 Å². The van der Waals surface area contributed by atoms with Gasteiger partial charge in [-0.05, 0) is 48.0 Å². The third-order valence-electron chi connectivity index (χ3n) is 3.78. The van der Waals surface area contributed by atoms with Gasteiger partial charge in [0.2, 0.25) is 0 Å². The van der Waals surface area contributed by atoms with Crippen molar-refractivity contribution in [3.8, 4) is 5.75 Å². The summed E-state index contributed by atoms with van der Waals surface area (Å²) in [6.07, 6.45) is 4.45. The van der Waals surface area contributed by atoms with Crippen LogP contribution < -0.4 is 10.1 Å². The molecule has 0 saturated carbocycles. The first-order chi connectivity index (χ1) is 12.8. The van der Waals surface area contributed by atoms with Crippen LogP contribution in [0.4, 0.5) is 0 Å². The maximum absolute atomic E-state index is 12.3. The van der Waals surface area contributed by atoms with Gasteiger partial charge in [-0.2, -0.15) is 5.10 Å². The molecular weight excluding hydrogens is 334 g/mol. The molecule has 1 N–H and O–H groups in total. The Labute approximate surface area is 151 Å². The second kappa shape index (κ2) is 8.75. The first-order valence-corrected chi connectivity index (χ1v) is 8.50. The van der Waals surface area contributed by atoms with Crippen LogP contribution in [-0.2, 0) is 19.7 Å². The molecule has 0 aliphatic carbocycles. The van der Waals surface area contributed by atoms with Gasteiger partial charge in [0.25, 0.3) is 5.91 Å². The molecule has 0 radical (unpaired) electrons. The highest BCUT2D eigenvalue weighted by atomic mass is 16.5. The van der Waals surface area contributed by atoms with Gasteiger partial charge in [-0.25, -0.2) is 4.68 Å². The van der Waals surface area contributed by atoms with Crippen LogP contribution in [0.1, 0.15) is 29.5 Å². The maximum Gasteiger partial charge on any atom is 0.251 e. The van der Waals surface area contributed by atoms with Crippen molar-refractivity contribution in [3.63, 3.8) is 0 Å². The molecule has 0 spiro atoms. The van der Waals surface area contributed by atoms with Gasteiger partial charge in [-0.15, -0.1) is 5.10 Å². The Hall–Kier alpha value is -3.23. The number of carbonyl (C=O) groups excluding carboxylic acids is 1. The third-order valence-corrected chi connectivity index (χ3v) is 3.78. The molecule has 9 nitrogen and oxygen atoms in total. The zero-order chi connectivity index (χ0) is 18.2. The summed E-state index contributed by atoms with van der Waals surface area (Å²) in [6.45, 7) is 4.22. The monoisotopic (exact) mass is 355 g/mol. The summed E-state index contributed by atoms with van der Waals surface area (Å²) in [5.41, 5.74) is 0.552. The molecular formula is C17H21N7O2. The lowest BCUT2D eigenvalue weighted by Gasteiger charge is -2.09. The van der Waals surface area contributed by atoms with Crippen molar-refractivity contribution in [2.24, 2.45) is 0 Å². The predicted molar refractivity (Wildman–Crippen MR) is 93.4 cm³/mol. The van der Waals surface area contributed by atoms with Crippen LogP contribution in [0.3, 0.4) is 0 Å². The highest BCUT2D eigenvalue weighted by Gasteiger charge is 2.08. The molecule has 2 heterocycles. The Morgan fingerprint density at radius 3 is 3.04 bits per heavy atom. The minimum atomic E-state index is -0.130. The van der Waals surface area contributed by atoms with Gasteiger partial charge in [0.05, 0.1) is 0 Å². The van der Waals surface area contributed by atoms with Crippen LogP contribution in [0.15, 0.2) is 42.7 Å². The molecule has 0 atom stereocenters. The number of aryl methyl sites for hydroxylation is 2. The van der Waals surface area contributed by atoms with E-state index in [0.29, 0.717) is 30.2 Å². The van der Waals surface area contributed by atoms with Crippen molar-refractivity contribution in [2.45, 2.75) is 33.0 Å². The van der Waals surface area contributed by atoms with E-state index >= 15 is 0 Å². The number of aromatic nitrogens is 6. The lowest BCUT2D eigenvalue weighted by atomic mass is 10.2. The second-order valence-corrected chi connectivity index (χ2v) is 5.61. The summed E-state index contributed by atoms with van der Waals surface area (Å²) in [4.78, 5) is 12.3. The van der Waals surface area contributed by atoms with Crippen molar-refractivity contribution in [3.05, 3.63) is 54.1 Å². The fourth-order valence-electron chi connectivity index (χ4n) is 2.43. The number of amides is 1. The molecule has 1 aromatic carbocycles. The third kappa shape index (κ3) is 4.65. The highest BCUT2D eigenvalue weighted by Crippen LogP contribution is 2.14. The molecule has 0 aliphatic rings. The van der Waals surface area contributed by atoms with Gasteiger partial charge < -0.3 is 10.1 Å². The van der Waals surface area contributed by atoms with Gasteiger partial charge in [-0.3, -0.25) is 9.48 Å². The van der Waals surface area contributed by atoms with Gasteiger partial charge in [0.1, 0.15) is 12.4 Å². The molecule has 0 fully saturated rings. The van der Waals surface area contributed by atoms with E-state index in [1.807, 2.05) is 23.9 Å². The minimum absolute atomic E-state index is 0.130. The summed E-state index contributed by atoms with van der Waals surface area (Å²) < 4.78 is 9.20. The Morgan fingerprint density at radius 1 is 1.31 bits per heavy atom. The largest absolute Gasteiger partial charge is 0.486 e. The molecule has 0 saturated heterocycles. The first kappa shape index (κ1) is 17.6. The van der Waals surface area contributed by atoms with E-state index in [9.17, 15) is 4.79 Å². The van der Waals surface area contributed by atoms with E-state index in [4.69, 9.17) is 4.74 Å². The van der Waals surface area contributed by atoms with Crippen LogP contribution in [0.25, 0.3) is 0 Å². The molecule has 2 aromatic heterocycles. The Kier molecular flexibility index (Phi) is 5.92. The number of hydrogen-bond donors (Lipinski definition) is 1. The van der Waals surface area contributed by atoms with E-state index in [-0.39, 0.29) is 12.5 Å². The summed E-state index contributed by atoms with van der Waals surface area (Å²) in [5, 5.41) is 18.4. The van der Waals surface area contributed by atoms with Crippen molar-refractivity contribution < 1.29 is 9.53 Å². The number of nitrogens with one attached hydrogen (secondary N) is 1. The average molecular weight is 355 g/mol. The highest BCUT2D eigenvalue weighted by molar-refractivity contribution is 5.94. The number of nitrogens with zero attached hydrogens (tertiary/aromatic N) is 6. The topological polar surface area (TPSA) is 99.8 Å². The molecule has 0 bridgehead atoms. The fraction of sp³-hybridized carbons (Fsp3) is 0.353. The summed E-state index contributed by atoms with van der Waals surface area (Å²) in [7, 11) is 0. The second-order valence-electron chi connectivity index (χ2n) is 5.61. The molecule has 9 heteroatoms. The Bertz CT molecular complexity index is 829. The fourth-order valence-corrected chi connectivity index (χ4v) is 2.43. The Balaban J connectivity index is 1.48. The molecule has 3 aromatic rings. The van der Waals surface area contributed by atoms with E-state index in [2.05, 4.69) is 25.9 Å². The van der Waals surface area contributed by atoms with E-state index in [0.717, 1.165) is 13.0 Å². The lowest BCUT2D eigenvalue weighted by Crippen LogP contribution is -2.25. The van der Waals surface area contributed by atoms with Gasteiger partial charge in [0, 0.05) is 37.6 Å². The van der Waals surface area contributed by atoms with E-state index < -0.39 is 0 Å². The average Bonchev–Trinajstić information content (AvgIpc) is 3.35. The van der Waals surface area contributed by atoms with Crippen LogP contribution >= 0.6 is 0 Å². The van der Waals surface area contributed by atoms with Crippen molar-refractivity contribution >= 4 is 5.91 Å². The van der Waals surface area contributed by atoms with Crippen LogP contribution in [0.5, 0.6) is 5.75 Å². The maximum atomic E-state index is 12.3. The summed E-state index contributed by atoms with van der Waals surface area (Å²) in [5.74, 6) is 1.11. The van der Waals surface area contributed by atoms with Crippen LogP contribution in [-0.4, -0.2) is 42.4 Å². The van der Waals surface area contributed by atoms with Crippen molar-refractivity contribution in [1.82, 2.24) is 35.3 Å². The molecule has 3 rings (SSSR count). The molecule has 0 unspecified atom stereocenters. The molecule has 1 amide bonds. The normalized spacial score (nSPS) is 10.7. The number of carbonyl (C=O) groups is 1. The Morgan fingerprint density at radius 2 is 2.23 bits per heavy atom. The number of hydrogen-bond acceptors (Lipinski definition) is 6. The van der Waals surface area contributed by atoms with Gasteiger partial charge >= 0.3 is 0 Å². The SMILES string of the molecule is CCn1nnnc1COc1cccc(C(=O)NCCCn2cccn2)c1. The predicted octanol–water partition coefficient (Wildman–Crippen LogP) is 1.29. The quantitative estimate of drug-likeness (QED) is 0.581. The smallest absolute Gasteiger partial charge is 0.251 e. The zero-order valence-electron chi connectivity index (χ0n) is 14.6. The number of benzene rings is 1. The number of ether oxygens (including phenoxy) is 1. The lowest BCUT2D eigenvalue weighted by molar-refractivity contribution is 0.0952. The molecule has 26 heavy (non-hydrogen) atoms. The summed E-state index contributed by atoms with van der Waals surface area (Å²) in [6, 6.07) is 8.93. The molecule has 0 aliphatic heterocycles.